The molecule has 2 atom stereocenters. The molecule has 0 spiro atoms. The van der Waals surface area contributed by atoms with E-state index in [-0.39, 0.29) is 17.7 Å². The summed E-state index contributed by atoms with van der Waals surface area (Å²) in [5.74, 6) is -0.620. The van der Waals surface area contributed by atoms with E-state index in [2.05, 4.69) is 23.1 Å². The molecule has 3 rings (SSSR count). The number of nitrogens with one attached hydrogen (secondary N) is 3. The van der Waals surface area contributed by atoms with Crippen molar-refractivity contribution in [2.45, 2.75) is 53.0 Å². The van der Waals surface area contributed by atoms with E-state index in [1.165, 1.54) is 21.8 Å². The molecule has 3 N–H and O–H groups in total. The van der Waals surface area contributed by atoms with Crippen molar-refractivity contribution >= 4 is 29.1 Å². The summed E-state index contributed by atoms with van der Waals surface area (Å²) in [7, 11) is 0. The van der Waals surface area contributed by atoms with Gasteiger partial charge in [0, 0.05) is 10.4 Å². The van der Waals surface area contributed by atoms with Crippen molar-refractivity contribution in [2.75, 3.05) is 0 Å². The Morgan fingerprint density at radius 2 is 1.77 bits per heavy atom. The highest BCUT2D eigenvalue weighted by molar-refractivity contribution is 7.14. The molecule has 7 heteroatoms. The Morgan fingerprint density at radius 3 is 2.43 bits per heavy atom. The van der Waals surface area contributed by atoms with E-state index in [9.17, 15) is 14.4 Å². The summed E-state index contributed by atoms with van der Waals surface area (Å²) in [4.78, 5) is 39.5. The fourth-order valence-corrected chi connectivity index (χ4v) is 4.64. The summed E-state index contributed by atoms with van der Waals surface area (Å²) in [5.41, 5.74) is 7.74. The van der Waals surface area contributed by atoms with Crippen LogP contribution in [-0.4, -0.2) is 23.8 Å². The Bertz CT molecular complexity index is 934. The molecule has 3 amide bonds. The molecule has 0 bridgehead atoms. The highest BCUT2D eigenvalue weighted by atomic mass is 32.1. The van der Waals surface area contributed by atoms with Crippen LogP contribution in [0, 0.1) is 18.8 Å². The first-order valence-electron chi connectivity index (χ1n) is 10.3. The van der Waals surface area contributed by atoms with Crippen LogP contribution in [0.2, 0.25) is 0 Å². The van der Waals surface area contributed by atoms with E-state index in [4.69, 9.17) is 0 Å². The lowest BCUT2D eigenvalue weighted by Gasteiger charge is -2.21. The SMILES string of the molecule is Cc1ccc(C(=O)N[C@@H](C(=O)NNC(=O)c2cc3c(s2)CC[C@H](C)C3)C(C)C)cc1. The number of carbonyl (C=O) groups excluding carboxylic acids is 3. The maximum absolute atomic E-state index is 12.6. The van der Waals surface area contributed by atoms with Gasteiger partial charge in [0.1, 0.15) is 6.04 Å². The van der Waals surface area contributed by atoms with Crippen LogP contribution < -0.4 is 16.2 Å². The number of fused-ring (bicyclic) bond motifs is 1. The molecule has 30 heavy (non-hydrogen) atoms. The third kappa shape index (κ3) is 5.27. The number of hydrogen-bond acceptors (Lipinski definition) is 4. The van der Waals surface area contributed by atoms with Gasteiger partial charge in [-0.05, 0) is 61.8 Å². The highest BCUT2D eigenvalue weighted by Crippen LogP contribution is 2.32. The molecule has 0 saturated carbocycles. The minimum Gasteiger partial charge on any atom is -0.340 e. The van der Waals surface area contributed by atoms with Crippen molar-refractivity contribution in [1.82, 2.24) is 16.2 Å². The zero-order valence-electron chi connectivity index (χ0n) is 17.9. The average Bonchev–Trinajstić information content (AvgIpc) is 3.13. The molecule has 1 aliphatic rings. The van der Waals surface area contributed by atoms with Gasteiger partial charge in [0.05, 0.1) is 4.88 Å². The second-order valence-electron chi connectivity index (χ2n) is 8.41. The van der Waals surface area contributed by atoms with E-state index in [1.54, 1.807) is 12.1 Å². The monoisotopic (exact) mass is 427 g/mol. The van der Waals surface area contributed by atoms with Gasteiger partial charge >= 0.3 is 0 Å². The maximum Gasteiger partial charge on any atom is 0.279 e. The molecule has 0 unspecified atom stereocenters. The van der Waals surface area contributed by atoms with Crippen LogP contribution >= 0.6 is 11.3 Å². The molecule has 1 aromatic heterocycles. The summed E-state index contributed by atoms with van der Waals surface area (Å²) in [6.45, 7) is 7.85. The number of amides is 3. The van der Waals surface area contributed by atoms with Crippen molar-refractivity contribution in [1.29, 1.82) is 0 Å². The normalized spacial score (nSPS) is 16.5. The summed E-state index contributed by atoms with van der Waals surface area (Å²) < 4.78 is 0. The molecule has 0 aliphatic heterocycles. The molecule has 2 aromatic rings. The predicted octanol–water partition coefficient (Wildman–Crippen LogP) is 3.40. The fraction of sp³-hybridized carbons (Fsp3) is 0.435. The van der Waals surface area contributed by atoms with Gasteiger partial charge in [-0.2, -0.15) is 0 Å². The zero-order chi connectivity index (χ0) is 21.8. The number of aryl methyl sites for hydroxylation is 2. The summed E-state index contributed by atoms with van der Waals surface area (Å²) in [5, 5.41) is 2.76. The van der Waals surface area contributed by atoms with Crippen LogP contribution in [0.4, 0.5) is 0 Å². The fourth-order valence-electron chi connectivity index (χ4n) is 3.54. The Hall–Kier alpha value is -2.67. The van der Waals surface area contributed by atoms with Crippen molar-refractivity contribution in [3.63, 3.8) is 0 Å². The van der Waals surface area contributed by atoms with Crippen LogP contribution in [0.3, 0.4) is 0 Å². The van der Waals surface area contributed by atoms with Gasteiger partial charge in [-0.25, -0.2) is 0 Å². The van der Waals surface area contributed by atoms with E-state index in [0.29, 0.717) is 16.4 Å². The summed E-state index contributed by atoms with van der Waals surface area (Å²) >= 11 is 1.49. The smallest absolute Gasteiger partial charge is 0.279 e. The first kappa shape index (κ1) is 22.0. The first-order valence-corrected chi connectivity index (χ1v) is 11.2. The van der Waals surface area contributed by atoms with Gasteiger partial charge in [0.25, 0.3) is 17.7 Å². The number of thiophene rings is 1. The van der Waals surface area contributed by atoms with E-state index in [1.807, 2.05) is 39.0 Å². The van der Waals surface area contributed by atoms with Crippen molar-refractivity contribution in [2.24, 2.45) is 11.8 Å². The van der Waals surface area contributed by atoms with Crippen molar-refractivity contribution in [3.05, 3.63) is 56.8 Å². The first-order chi connectivity index (χ1) is 14.2. The molecule has 160 valence electrons. The Balaban J connectivity index is 1.59. The molecule has 6 nitrogen and oxygen atoms in total. The second-order valence-corrected chi connectivity index (χ2v) is 9.55. The highest BCUT2D eigenvalue weighted by Gasteiger charge is 2.26. The predicted molar refractivity (Wildman–Crippen MR) is 118 cm³/mol. The lowest BCUT2D eigenvalue weighted by atomic mass is 9.90. The van der Waals surface area contributed by atoms with Crippen LogP contribution in [0.25, 0.3) is 0 Å². The third-order valence-corrected chi connectivity index (χ3v) is 6.64. The van der Waals surface area contributed by atoms with Gasteiger partial charge in [-0.3, -0.25) is 25.2 Å². The quantitative estimate of drug-likeness (QED) is 0.639. The molecule has 1 aliphatic carbocycles. The number of benzene rings is 1. The lowest BCUT2D eigenvalue weighted by Crippen LogP contribution is -2.54. The largest absolute Gasteiger partial charge is 0.340 e. The van der Waals surface area contributed by atoms with Crippen LogP contribution in [0.15, 0.2) is 30.3 Å². The van der Waals surface area contributed by atoms with Gasteiger partial charge in [0.2, 0.25) is 0 Å². The third-order valence-electron chi connectivity index (χ3n) is 5.40. The van der Waals surface area contributed by atoms with Crippen LogP contribution in [0.5, 0.6) is 0 Å². The topological polar surface area (TPSA) is 87.3 Å². The number of hydrogen-bond donors (Lipinski definition) is 3. The number of carbonyl (C=O) groups is 3. The van der Waals surface area contributed by atoms with Crippen LogP contribution in [-0.2, 0) is 17.6 Å². The Labute approximate surface area is 181 Å². The van der Waals surface area contributed by atoms with Gasteiger partial charge < -0.3 is 5.32 Å². The van der Waals surface area contributed by atoms with E-state index >= 15 is 0 Å². The van der Waals surface area contributed by atoms with Crippen molar-refractivity contribution < 1.29 is 14.4 Å². The van der Waals surface area contributed by atoms with E-state index in [0.717, 1.165) is 24.8 Å². The molecular formula is C23H29N3O3S. The molecule has 1 aromatic carbocycles. The standard InChI is InChI=1S/C23H29N3O3S/c1-13(2)20(24-21(27)16-8-5-14(3)6-9-16)23(29)26-25-22(28)19-12-17-11-15(4)7-10-18(17)30-19/h5-6,8-9,12-13,15,20H,7,10-11H2,1-4H3,(H,24,27)(H,25,28)(H,26,29)/t15-,20+/m0/s1. The molecule has 0 radical (unpaired) electrons. The molecular weight excluding hydrogens is 398 g/mol. The number of hydrazine groups is 1. The van der Waals surface area contributed by atoms with Crippen molar-refractivity contribution in [3.8, 4) is 0 Å². The lowest BCUT2D eigenvalue weighted by molar-refractivity contribution is -0.124. The summed E-state index contributed by atoms with van der Waals surface area (Å²) in [6.07, 6.45) is 3.13. The minimum atomic E-state index is -0.767. The zero-order valence-corrected chi connectivity index (χ0v) is 18.7. The van der Waals surface area contributed by atoms with Gasteiger partial charge in [0.15, 0.2) is 0 Å². The van der Waals surface area contributed by atoms with E-state index < -0.39 is 11.9 Å². The molecule has 0 fully saturated rings. The Morgan fingerprint density at radius 1 is 1.07 bits per heavy atom. The molecule has 0 saturated heterocycles. The van der Waals surface area contributed by atoms with Gasteiger partial charge in [-0.1, -0.05) is 38.5 Å². The average molecular weight is 428 g/mol. The van der Waals surface area contributed by atoms with Crippen LogP contribution in [0.1, 0.15) is 63.2 Å². The second kappa shape index (κ2) is 9.43. The Kier molecular flexibility index (Phi) is 6.92. The minimum absolute atomic E-state index is 0.146. The van der Waals surface area contributed by atoms with Gasteiger partial charge in [-0.15, -0.1) is 11.3 Å². The number of rotatable bonds is 5. The molecule has 1 heterocycles. The summed E-state index contributed by atoms with van der Waals surface area (Å²) in [6, 6.07) is 8.30. The maximum atomic E-state index is 12.6.